The first-order valence-electron chi connectivity index (χ1n) is 9.52. The first kappa shape index (κ1) is 18.7. The average Bonchev–Trinajstić information content (AvgIpc) is 3.22. The van der Waals surface area contributed by atoms with Crippen molar-refractivity contribution in [2.75, 3.05) is 37.7 Å². The number of carbonyl (C=O) groups is 2. The van der Waals surface area contributed by atoms with Crippen LogP contribution in [0, 0.1) is 19.8 Å². The number of rotatable bonds is 2. The maximum Gasteiger partial charge on any atom is 0.228 e. The number of piperidine rings is 1. The lowest BCUT2D eigenvalue weighted by atomic mass is 10.0. The molecule has 1 aromatic carbocycles. The van der Waals surface area contributed by atoms with Crippen LogP contribution in [0.5, 0.6) is 0 Å². The van der Waals surface area contributed by atoms with Crippen LogP contribution < -0.4 is 4.90 Å². The summed E-state index contributed by atoms with van der Waals surface area (Å²) >= 11 is 6.41. The van der Waals surface area contributed by atoms with E-state index in [0.717, 1.165) is 16.8 Å². The van der Waals surface area contributed by atoms with Crippen LogP contribution >= 0.6 is 11.6 Å². The largest absolute Gasteiger partial charge is 0.347 e. The van der Waals surface area contributed by atoms with E-state index in [-0.39, 0.29) is 24.2 Å². The van der Waals surface area contributed by atoms with E-state index in [2.05, 4.69) is 0 Å². The number of amides is 2. The van der Waals surface area contributed by atoms with Crippen molar-refractivity contribution in [2.45, 2.75) is 38.9 Å². The summed E-state index contributed by atoms with van der Waals surface area (Å²) in [5, 5.41) is 0.560. The van der Waals surface area contributed by atoms with Gasteiger partial charge in [0.1, 0.15) is 0 Å². The molecule has 146 valence electrons. The van der Waals surface area contributed by atoms with Crippen LogP contribution in [0.4, 0.5) is 5.69 Å². The van der Waals surface area contributed by atoms with Crippen molar-refractivity contribution in [1.82, 2.24) is 4.90 Å². The van der Waals surface area contributed by atoms with E-state index >= 15 is 0 Å². The molecule has 3 aliphatic heterocycles. The minimum absolute atomic E-state index is 0.0413. The Balaban J connectivity index is 1.44. The highest BCUT2D eigenvalue weighted by Gasteiger charge is 2.44. The SMILES string of the molecule is Cc1cc(C)c(N2CC(C(=O)N3CCC4(CC3)OCCO4)CC2=O)c(Cl)c1. The van der Waals surface area contributed by atoms with Gasteiger partial charge in [-0.2, -0.15) is 0 Å². The van der Waals surface area contributed by atoms with Crippen molar-refractivity contribution >= 4 is 29.1 Å². The van der Waals surface area contributed by atoms with Gasteiger partial charge >= 0.3 is 0 Å². The Kier molecular flexibility index (Phi) is 4.91. The molecule has 3 fully saturated rings. The molecule has 1 atom stereocenters. The summed E-state index contributed by atoms with van der Waals surface area (Å²) in [5.41, 5.74) is 2.74. The summed E-state index contributed by atoms with van der Waals surface area (Å²) in [5.74, 6) is -0.827. The molecular formula is C20H25ClN2O4. The van der Waals surface area contributed by atoms with Gasteiger partial charge < -0.3 is 19.3 Å². The number of carbonyl (C=O) groups excluding carboxylic acids is 2. The zero-order valence-corrected chi connectivity index (χ0v) is 16.6. The molecule has 0 radical (unpaired) electrons. The van der Waals surface area contributed by atoms with Gasteiger partial charge in [-0.15, -0.1) is 0 Å². The van der Waals surface area contributed by atoms with E-state index in [0.29, 0.717) is 50.7 Å². The molecule has 0 aromatic heterocycles. The quantitative estimate of drug-likeness (QED) is 0.776. The maximum atomic E-state index is 13.0. The van der Waals surface area contributed by atoms with Gasteiger partial charge in [0.05, 0.1) is 29.8 Å². The molecule has 3 saturated heterocycles. The zero-order valence-electron chi connectivity index (χ0n) is 15.8. The van der Waals surface area contributed by atoms with Gasteiger partial charge in [-0.3, -0.25) is 9.59 Å². The molecule has 2 amide bonds. The molecule has 3 heterocycles. The lowest BCUT2D eigenvalue weighted by Gasteiger charge is -2.38. The Bertz CT molecular complexity index is 742. The second-order valence-electron chi connectivity index (χ2n) is 7.75. The van der Waals surface area contributed by atoms with Crippen LogP contribution in [-0.4, -0.2) is 55.3 Å². The van der Waals surface area contributed by atoms with Crippen molar-refractivity contribution in [2.24, 2.45) is 5.92 Å². The van der Waals surface area contributed by atoms with Gasteiger partial charge in [-0.05, 0) is 31.0 Å². The van der Waals surface area contributed by atoms with Gasteiger partial charge in [0.2, 0.25) is 11.8 Å². The second kappa shape index (κ2) is 7.08. The van der Waals surface area contributed by atoms with Gasteiger partial charge in [-0.1, -0.05) is 17.7 Å². The maximum absolute atomic E-state index is 13.0. The molecule has 3 aliphatic rings. The monoisotopic (exact) mass is 392 g/mol. The van der Waals surface area contributed by atoms with E-state index in [1.807, 2.05) is 30.9 Å². The lowest BCUT2D eigenvalue weighted by Crippen LogP contribution is -2.49. The van der Waals surface area contributed by atoms with Crippen LogP contribution in [0.25, 0.3) is 0 Å². The molecule has 4 rings (SSSR count). The zero-order chi connectivity index (χ0) is 19.2. The van der Waals surface area contributed by atoms with Crippen molar-refractivity contribution in [3.63, 3.8) is 0 Å². The summed E-state index contributed by atoms with van der Waals surface area (Å²) in [6.07, 6.45) is 1.61. The Hall–Kier alpha value is -1.63. The van der Waals surface area contributed by atoms with Crippen molar-refractivity contribution in [1.29, 1.82) is 0 Å². The Labute approximate surface area is 164 Å². The third-order valence-electron chi connectivity index (χ3n) is 5.79. The van der Waals surface area contributed by atoms with Crippen molar-refractivity contribution < 1.29 is 19.1 Å². The molecule has 1 unspecified atom stereocenters. The molecule has 1 spiro atoms. The van der Waals surface area contributed by atoms with Crippen LogP contribution in [-0.2, 0) is 19.1 Å². The number of aryl methyl sites for hydroxylation is 2. The standard InChI is InChI=1S/C20H25ClN2O4/c1-13-9-14(2)18(16(21)10-13)23-12-15(11-17(23)24)19(25)22-5-3-20(4-6-22)26-7-8-27-20/h9-10,15H,3-8,11-12H2,1-2H3. The molecule has 1 aromatic rings. The molecule has 0 saturated carbocycles. The number of anilines is 1. The highest BCUT2D eigenvalue weighted by atomic mass is 35.5. The smallest absolute Gasteiger partial charge is 0.228 e. The molecule has 27 heavy (non-hydrogen) atoms. The number of benzene rings is 1. The van der Waals surface area contributed by atoms with E-state index in [1.54, 1.807) is 4.90 Å². The van der Waals surface area contributed by atoms with Crippen LogP contribution in [0.2, 0.25) is 5.02 Å². The fraction of sp³-hybridized carbons (Fsp3) is 0.600. The number of nitrogens with zero attached hydrogens (tertiary/aromatic N) is 2. The van der Waals surface area contributed by atoms with Crippen molar-refractivity contribution in [3.05, 3.63) is 28.3 Å². The summed E-state index contributed by atoms with van der Waals surface area (Å²) in [6, 6.07) is 3.87. The second-order valence-corrected chi connectivity index (χ2v) is 8.16. The molecular weight excluding hydrogens is 368 g/mol. The molecule has 0 bridgehead atoms. The number of ether oxygens (including phenoxy) is 2. The summed E-state index contributed by atoms with van der Waals surface area (Å²) in [4.78, 5) is 29.1. The fourth-order valence-corrected chi connectivity index (χ4v) is 4.87. The number of hydrogen-bond acceptors (Lipinski definition) is 4. The summed E-state index contributed by atoms with van der Waals surface area (Å²) in [7, 11) is 0. The minimum Gasteiger partial charge on any atom is -0.347 e. The van der Waals surface area contributed by atoms with Gasteiger partial charge in [0.25, 0.3) is 0 Å². The predicted octanol–water partition coefficient (Wildman–Crippen LogP) is 2.68. The van der Waals surface area contributed by atoms with Gasteiger partial charge in [0, 0.05) is 38.9 Å². The fourth-order valence-electron chi connectivity index (χ4n) is 4.45. The highest BCUT2D eigenvalue weighted by molar-refractivity contribution is 6.34. The molecule has 7 heteroatoms. The van der Waals surface area contributed by atoms with Crippen molar-refractivity contribution in [3.8, 4) is 0 Å². The van der Waals surface area contributed by atoms with Crippen LogP contribution in [0.15, 0.2) is 12.1 Å². The first-order valence-corrected chi connectivity index (χ1v) is 9.90. The Morgan fingerprint density at radius 3 is 2.48 bits per heavy atom. The average molecular weight is 393 g/mol. The number of likely N-dealkylation sites (tertiary alicyclic amines) is 1. The normalized spacial score (nSPS) is 24.9. The highest BCUT2D eigenvalue weighted by Crippen LogP contribution is 2.37. The predicted molar refractivity (Wildman–Crippen MR) is 102 cm³/mol. The summed E-state index contributed by atoms with van der Waals surface area (Å²) in [6.45, 7) is 6.76. The third-order valence-corrected chi connectivity index (χ3v) is 6.08. The lowest BCUT2D eigenvalue weighted by molar-refractivity contribution is -0.188. The van der Waals surface area contributed by atoms with Gasteiger partial charge in [-0.25, -0.2) is 0 Å². The Morgan fingerprint density at radius 2 is 1.85 bits per heavy atom. The molecule has 0 N–H and O–H groups in total. The molecule has 0 aliphatic carbocycles. The Morgan fingerprint density at radius 1 is 1.19 bits per heavy atom. The van der Waals surface area contributed by atoms with Gasteiger partial charge in [0.15, 0.2) is 5.79 Å². The first-order chi connectivity index (χ1) is 12.9. The minimum atomic E-state index is -0.499. The summed E-state index contributed by atoms with van der Waals surface area (Å²) < 4.78 is 11.5. The number of hydrogen-bond donors (Lipinski definition) is 0. The van der Waals surface area contributed by atoms with E-state index in [9.17, 15) is 9.59 Å². The van der Waals surface area contributed by atoms with Crippen LogP contribution in [0.3, 0.4) is 0 Å². The third kappa shape index (κ3) is 3.46. The van der Waals surface area contributed by atoms with E-state index in [4.69, 9.17) is 21.1 Å². The van der Waals surface area contributed by atoms with Crippen LogP contribution in [0.1, 0.15) is 30.4 Å². The molecule has 6 nitrogen and oxygen atoms in total. The number of halogens is 1. The van der Waals surface area contributed by atoms with E-state index in [1.165, 1.54) is 0 Å². The van der Waals surface area contributed by atoms with E-state index < -0.39 is 5.79 Å². The topological polar surface area (TPSA) is 59.1 Å².